The Morgan fingerprint density at radius 3 is 2.55 bits per heavy atom. The van der Waals surface area contributed by atoms with Crippen molar-refractivity contribution in [2.24, 2.45) is 0 Å². The number of hydrogen-bond acceptors (Lipinski definition) is 7. The molecule has 1 aromatic heterocycles. The molecular formula is C23H33N3O5. The number of benzene rings is 1. The molecule has 1 aromatic carbocycles. The highest BCUT2D eigenvalue weighted by Crippen LogP contribution is 2.28. The zero-order valence-corrected chi connectivity index (χ0v) is 18.8. The molecule has 2 rings (SSSR count). The third-order valence-electron chi connectivity index (χ3n) is 4.78. The first-order valence-corrected chi connectivity index (χ1v) is 10.5. The summed E-state index contributed by atoms with van der Waals surface area (Å²) in [6, 6.07) is 9.02. The Hall–Kier alpha value is -2.84. The summed E-state index contributed by atoms with van der Waals surface area (Å²) in [5.74, 6) is 1.34. The van der Waals surface area contributed by atoms with Crippen molar-refractivity contribution < 1.29 is 23.7 Å². The third-order valence-corrected chi connectivity index (χ3v) is 4.78. The van der Waals surface area contributed by atoms with E-state index in [0.29, 0.717) is 43.4 Å². The van der Waals surface area contributed by atoms with Crippen LogP contribution in [-0.2, 0) is 11.3 Å². The van der Waals surface area contributed by atoms with Crippen molar-refractivity contribution in [2.75, 3.05) is 53.7 Å². The Balaban J connectivity index is 1.95. The third kappa shape index (κ3) is 7.73. The highest BCUT2D eigenvalue weighted by Gasteiger charge is 2.14. The average Bonchev–Trinajstić information content (AvgIpc) is 2.81. The van der Waals surface area contributed by atoms with Crippen LogP contribution in [0, 0.1) is 0 Å². The summed E-state index contributed by atoms with van der Waals surface area (Å²) in [5.41, 5.74) is 1.27. The number of nitrogens with one attached hydrogen (secondary N) is 1. The van der Waals surface area contributed by atoms with Crippen LogP contribution in [0.2, 0.25) is 0 Å². The van der Waals surface area contributed by atoms with Crippen molar-refractivity contribution >= 4 is 5.91 Å². The molecule has 0 aliphatic rings. The molecule has 1 heterocycles. The van der Waals surface area contributed by atoms with Gasteiger partial charge in [0, 0.05) is 26.4 Å². The molecule has 0 aliphatic heterocycles. The first-order valence-electron chi connectivity index (χ1n) is 10.5. The summed E-state index contributed by atoms with van der Waals surface area (Å²) in [4.78, 5) is 19.1. The molecule has 2 aromatic rings. The van der Waals surface area contributed by atoms with Crippen LogP contribution >= 0.6 is 0 Å². The second kappa shape index (κ2) is 13.5. The van der Waals surface area contributed by atoms with Gasteiger partial charge in [-0.3, -0.25) is 4.79 Å². The van der Waals surface area contributed by atoms with Crippen LogP contribution < -0.4 is 19.5 Å². The molecule has 8 nitrogen and oxygen atoms in total. The van der Waals surface area contributed by atoms with Crippen LogP contribution in [0.1, 0.15) is 29.8 Å². The van der Waals surface area contributed by atoms with Crippen LogP contribution in [0.15, 0.2) is 36.5 Å². The number of carbonyl (C=O) groups excluding carboxylic acids is 1. The zero-order valence-electron chi connectivity index (χ0n) is 18.8. The van der Waals surface area contributed by atoms with Gasteiger partial charge in [-0.1, -0.05) is 19.9 Å². The molecule has 0 bridgehead atoms. The van der Waals surface area contributed by atoms with Crippen molar-refractivity contribution in [1.82, 2.24) is 15.2 Å². The van der Waals surface area contributed by atoms with E-state index in [-0.39, 0.29) is 11.8 Å². The highest BCUT2D eigenvalue weighted by molar-refractivity contribution is 5.96. The number of hydrogen-bond donors (Lipinski definition) is 1. The Labute approximate surface area is 184 Å². The highest BCUT2D eigenvalue weighted by atomic mass is 16.5. The van der Waals surface area contributed by atoms with Crippen molar-refractivity contribution in [3.05, 3.63) is 47.7 Å². The molecule has 0 atom stereocenters. The maximum absolute atomic E-state index is 12.6. The number of rotatable bonds is 14. The van der Waals surface area contributed by atoms with E-state index in [1.54, 1.807) is 32.5 Å². The molecule has 0 radical (unpaired) electrons. The first kappa shape index (κ1) is 24.4. The zero-order chi connectivity index (χ0) is 22.5. The van der Waals surface area contributed by atoms with Gasteiger partial charge in [-0.2, -0.15) is 0 Å². The molecule has 1 amide bonds. The van der Waals surface area contributed by atoms with Gasteiger partial charge in [0.25, 0.3) is 5.91 Å². The van der Waals surface area contributed by atoms with Gasteiger partial charge in [0.15, 0.2) is 11.5 Å². The van der Waals surface area contributed by atoms with Crippen molar-refractivity contribution in [1.29, 1.82) is 0 Å². The Morgan fingerprint density at radius 2 is 1.84 bits per heavy atom. The Morgan fingerprint density at radius 1 is 1.03 bits per heavy atom. The van der Waals surface area contributed by atoms with Gasteiger partial charge in [0.2, 0.25) is 5.88 Å². The van der Waals surface area contributed by atoms with Gasteiger partial charge in [-0.15, -0.1) is 0 Å². The van der Waals surface area contributed by atoms with Crippen LogP contribution in [0.5, 0.6) is 17.4 Å². The summed E-state index contributed by atoms with van der Waals surface area (Å²) in [6.07, 6.45) is 1.59. The van der Waals surface area contributed by atoms with E-state index in [1.807, 2.05) is 18.2 Å². The minimum Gasteiger partial charge on any atom is -0.493 e. The van der Waals surface area contributed by atoms with Crippen LogP contribution in [-0.4, -0.2) is 69.5 Å². The molecule has 0 unspecified atom stereocenters. The number of likely N-dealkylation sites (N-methyl/N-ethyl adjacent to an activating group) is 1. The van der Waals surface area contributed by atoms with E-state index in [1.165, 1.54) is 0 Å². The fourth-order valence-electron chi connectivity index (χ4n) is 2.94. The monoisotopic (exact) mass is 431 g/mol. The van der Waals surface area contributed by atoms with Gasteiger partial charge >= 0.3 is 0 Å². The fraction of sp³-hybridized carbons (Fsp3) is 0.478. The second-order valence-corrected chi connectivity index (χ2v) is 6.74. The summed E-state index contributed by atoms with van der Waals surface area (Å²) in [6.45, 7) is 8.76. The van der Waals surface area contributed by atoms with Gasteiger partial charge in [0.1, 0.15) is 18.8 Å². The van der Waals surface area contributed by atoms with E-state index in [4.69, 9.17) is 18.9 Å². The molecule has 0 saturated heterocycles. The second-order valence-electron chi connectivity index (χ2n) is 6.74. The maximum atomic E-state index is 12.6. The molecular weight excluding hydrogens is 398 g/mol. The summed E-state index contributed by atoms with van der Waals surface area (Å²) < 4.78 is 21.9. The summed E-state index contributed by atoms with van der Waals surface area (Å²) >= 11 is 0. The lowest BCUT2D eigenvalue weighted by molar-refractivity contribution is 0.0941. The lowest BCUT2D eigenvalue weighted by Gasteiger charge is -2.19. The van der Waals surface area contributed by atoms with E-state index in [9.17, 15) is 4.79 Å². The minimum absolute atomic E-state index is 0.265. The number of pyridine rings is 1. The normalized spacial score (nSPS) is 10.7. The molecule has 1 N–H and O–H groups in total. The molecule has 170 valence electrons. The molecule has 0 aliphatic carbocycles. The minimum atomic E-state index is -0.265. The first-order chi connectivity index (χ1) is 15.1. The topological polar surface area (TPSA) is 82.2 Å². The quantitative estimate of drug-likeness (QED) is 0.461. The predicted octanol–water partition coefficient (Wildman–Crippen LogP) is 2.77. The lowest BCUT2D eigenvalue weighted by Crippen LogP contribution is -2.28. The smallest absolute Gasteiger partial charge is 0.257 e. The Kier molecular flexibility index (Phi) is 10.6. The summed E-state index contributed by atoms with van der Waals surface area (Å²) in [5, 5.41) is 2.90. The lowest BCUT2D eigenvalue weighted by atomic mass is 10.2. The van der Waals surface area contributed by atoms with Crippen molar-refractivity contribution in [3.8, 4) is 17.4 Å². The number of carbonyl (C=O) groups is 1. The maximum Gasteiger partial charge on any atom is 0.257 e. The molecule has 0 saturated carbocycles. The Bertz CT molecular complexity index is 812. The molecule has 0 spiro atoms. The number of nitrogens with zero attached hydrogens (tertiary/aromatic N) is 2. The number of ether oxygens (including phenoxy) is 4. The number of methoxy groups -OCH3 is 2. The van der Waals surface area contributed by atoms with Crippen LogP contribution in [0.25, 0.3) is 0 Å². The van der Waals surface area contributed by atoms with E-state index in [2.05, 4.69) is 29.0 Å². The van der Waals surface area contributed by atoms with E-state index >= 15 is 0 Å². The van der Waals surface area contributed by atoms with Crippen molar-refractivity contribution in [2.45, 2.75) is 20.4 Å². The molecule has 0 fully saturated rings. The van der Waals surface area contributed by atoms with Crippen LogP contribution in [0.3, 0.4) is 0 Å². The number of amides is 1. The van der Waals surface area contributed by atoms with Gasteiger partial charge in [0.05, 0.1) is 13.7 Å². The van der Waals surface area contributed by atoms with Crippen LogP contribution in [0.4, 0.5) is 0 Å². The molecule has 8 heteroatoms. The van der Waals surface area contributed by atoms with E-state index in [0.717, 1.165) is 25.2 Å². The van der Waals surface area contributed by atoms with Gasteiger partial charge < -0.3 is 29.2 Å². The average molecular weight is 432 g/mol. The van der Waals surface area contributed by atoms with E-state index < -0.39 is 0 Å². The van der Waals surface area contributed by atoms with Gasteiger partial charge in [-0.05, 0) is 42.9 Å². The fourth-order valence-corrected chi connectivity index (χ4v) is 2.94. The van der Waals surface area contributed by atoms with Gasteiger partial charge in [-0.25, -0.2) is 4.98 Å². The SMILES string of the molecule is CCN(CC)CCOc1ccc(CNC(=O)c2cccnc2OCCOC)cc1OC. The largest absolute Gasteiger partial charge is 0.493 e. The summed E-state index contributed by atoms with van der Waals surface area (Å²) in [7, 11) is 3.19. The standard InChI is InChI=1S/C23H33N3O5/c1-5-26(6-2)12-13-30-20-10-9-18(16-21(20)29-4)17-25-22(27)19-8-7-11-24-23(19)31-15-14-28-3/h7-11,16H,5-6,12-15,17H2,1-4H3,(H,25,27). The number of aromatic nitrogens is 1. The molecule has 31 heavy (non-hydrogen) atoms. The predicted molar refractivity (Wildman–Crippen MR) is 119 cm³/mol. The van der Waals surface area contributed by atoms with Crippen molar-refractivity contribution in [3.63, 3.8) is 0 Å².